The Morgan fingerprint density at radius 2 is 1.87 bits per heavy atom. The van der Waals surface area contributed by atoms with Crippen molar-refractivity contribution in [2.75, 3.05) is 40.3 Å². The van der Waals surface area contributed by atoms with Gasteiger partial charge in [0, 0.05) is 33.1 Å². The summed E-state index contributed by atoms with van der Waals surface area (Å²) in [6.45, 7) is 4.57. The number of hydrogen-bond acceptors (Lipinski definition) is 4. The van der Waals surface area contributed by atoms with Crippen LogP contribution in [0.4, 0.5) is 4.39 Å². The lowest BCUT2D eigenvalue weighted by atomic mass is 10.2. The average Bonchev–Trinajstić information content (AvgIpc) is 2.44. The van der Waals surface area contributed by atoms with Crippen LogP contribution in [-0.4, -0.2) is 64.4 Å². The summed E-state index contributed by atoms with van der Waals surface area (Å²) in [4.78, 5) is 15.1. The van der Waals surface area contributed by atoms with E-state index in [4.69, 9.17) is 0 Å². The van der Waals surface area contributed by atoms with Gasteiger partial charge in [-0.2, -0.15) is 0 Å². The molecule has 1 aromatic carbocycles. The van der Waals surface area contributed by atoms with Crippen molar-refractivity contribution in [1.82, 2.24) is 14.5 Å². The molecular formula is C15H24FN3O3S. The second kappa shape index (κ2) is 8.37. The maximum absolute atomic E-state index is 13.2. The summed E-state index contributed by atoms with van der Waals surface area (Å²) in [5.74, 6) is -0.556. The summed E-state index contributed by atoms with van der Waals surface area (Å²) in [7, 11) is 0.0841. The van der Waals surface area contributed by atoms with Crippen molar-refractivity contribution in [2.45, 2.75) is 18.7 Å². The minimum Gasteiger partial charge on any atom is -0.340 e. The fourth-order valence-corrected chi connectivity index (χ4v) is 3.04. The molecule has 0 fully saturated rings. The molecule has 0 radical (unpaired) electrons. The van der Waals surface area contributed by atoms with Gasteiger partial charge in [0.2, 0.25) is 15.9 Å². The summed E-state index contributed by atoms with van der Waals surface area (Å²) in [5, 5.41) is 0. The van der Waals surface area contributed by atoms with Gasteiger partial charge in [0.15, 0.2) is 0 Å². The van der Waals surface area contributed by atoms with Gasteiger partial charge in [-0.15, -0.1) is 0 Å². The molecular weight excluding hydrogens is 321 g/mol. The minimum absolute atomic E-state index is 0.0130. The number of aryl methyl sites for hydroxylation is 1. The number of sulfonamides is 1. The molecule has 0 bridgehead atoms. The third-order valence-electron chi connectivity index (χ3n) is 3.38. The monoisotopic (exact) mass is 345 g/mol. The van der Waals surface area contributed by atoms with E-state index in [1.54, 1.807) is 4.90 Å². The number of carbonyl (C=O) groups excluding carboxylic acids is 1. The maximum atomic E-state index is 13.2. The first-order chi connectivity index (χ1) is 10.6. The van der Waals surface area contributed by atoms with Gasteiger partial charge >= 0.3 is 0 Å². The van der Waals surface area contributed by atoms with Crippen LogP contribution >= 0.6 is 0 Å². The smallest absolute Gasteiger partial charge is 0.240 e. The number of amides is 1. The lowest BCUT2D eigenvalue weighted by molar-refractivity contribution is -0.128. The van der Waals surface area contributed by atoms with Crippen molar-refractivity contribution in [3.63, 3.8) is 0 Å². The van der Waals surface area contributed by atoms with E-state index in [2.05, 4.69) is 4.72 Å². The van der Waals surface area contributed by atoms with E-state index in [0.29, 0.717) is 13.1 Å². The van der Waals surface area contributed by atoms with Crippen LogP contribution in [0.2, 0.25) is 0 Å². The SMILES string of the molecule is CC(=O)N(CCNS(=O)(=O)c1ccc(F)c(C)c1)CCN(C)C. The van der Waals surface area contributed by atoms with Gasteiger partial charge in [-0.1, -0.05) is 0 Å². The molecule has 0 aliphatic rings. The average molecular weight is 345 g/mol. The number of benzene rings is 1. The van der Waals surface area contributed by atoms with Gasteiger partial charge in [-0.25, -0.2) is 17.5 Å². The van der Waals surface area contributed by atoms with E-state index in [1.165, 1.54) is 26.0 Å². The highest BCUT2D eigenvalue weighted by atomic mass is 32.2. The predicted molar refractivity (Wildman–Crippen MR) is 87.1 cm³/mol. The van der Waals surface area contributed by atoms with Crippen molar-refractivity contribution in [1.29, 1.82) is 0 Å². The molecule has 0 saturated carbocycles. The maximum Gasteiger partial charge on any atom is 0.240 e. The zero-order chi connectivity index (χ0) is 17.6. The first-order valence-corrected chi connectivity index (χ1v) is 8.78. The number of rotatable bonds is 8. The number of halogens is 1. The highest BCUT2D eigenvalue weighted by molar-refractivity contribution is 7.89. The lowest BCUT2D eigenvalue weighted by Gasteiger charge is -2.23. The standard InChI is InChI=1S/C15H24FN3O3S/c1-12-11-14(5-6-15(12)16)23(21,22)17-7-8-19(13(2)20)10-9-18(3)4/h5-6,11,17H,7-10H2,1-4H3. The van der Waals surface area contributed by atoms with Crippen molar-refractivity contribution in [3.05, 3.63) is 29.6 Å². The molecule has 1 rings (SSSR count). The molecule has 0 atom stereocenters. The Bertz CT molecular complexity index is 647. The van der Waals surface area contributed by atoms with Crippen molar-refractivity contribution in [3.8, 4) is 0 Å². The summed E-state index contributed by atoms with van der Waals surface area (Å²) < 4.78 is 40.0. The Kier molecular flexibility index (Phi) is 7.11. The number of carbonyl (C=O) groups is 1. The Hall–Kier alpha value is -1.51. The molecule has 6 nitrogen and oxygen atoms in total. The largest absolute Gasteiger partial charge is 0.340 e. The molecule has 0 saturated heterocycles. The van der Waals surface area contributed by atoms with Crippen LogP contribution in [0, 0.1) is 12.7 Å². The first-order valence-electron chi connectivity index (χ1n) is 7.29. The molecule has 1 aromatic rings. The molecule has 130 valence electrons. The highest BCUT2D eigenvalue weighted by Gasteiger charge is 2.16. The van der Waals surface area contributed by atoms with Gasteiger partial charge in [-0.05, 0) is 44.8 Å². The van der Waals surface area contributed by atoms with Gasteiger partial charge in [0.05, 0.1) is 4.90 Å². The van der Waals surface area contributed by atoms with Gasteiger partial charge in [0.1, 0.15) is 5.82 Å². The molecule has 1 N–H and O–H groups in total. The van der Waals surface area contributed by atoms with Crippen molar-refractivity contribution < 1.29 is 17.6 Å². The normalized spacial score (nSPS) is 11.7. The van der Waals surface area contributed by atoms with Crippen LogP contribution in [0.25, 0.3) is 0 Å². The van der Waals surface area contributed by atoms with Crippen LogP contribution in [0.5, 0.6) is 0 Å². The number of hydrogen-bond donors (Lipinski definition) is 1. The third kappa shape index (κ3) is 6.25. The fraction of sp³-hybridized carbons (Fsp3) is 0.533. The Morgan fingerprint density at radius 1 is 1.22 bits per heavy atom. The quantitative estimate of drug-likeness (QED) is 0.757. The van der Waals surface area contributed by atoms with E-state index in [1.807, 2.05) is 19.0 Å². The van der Waals surface area contributed by atoms with Crippen LogP contribution in [-0.2, 0) is 14.8 Å². The molecule has 0 aliphatic heterocycles. The molecule has 0 aromatic heterocycles. The summed E-state index contributed by atoms with van der Waals surface area (Å²) >= 11 is 0. The second-order valence-electron chi connectivity index (χ2n) is 5.62. The van der Waals surface area contributed by atoms with Crippen LogP contribution in [0.3, 0.4) is 0 Å². The molecule has 0 unspecified atom stereocenters. The molecule has 0 spiro atoms. The zero-order valence-corrected chi connectivity index (χ0v) is 14.8. The lowest BCUT2D eigenvalue weighted by Crippen LogP contribution is -2.40. The summed E-state index contributed by atoms with van der Waals surface area (Å²) in [6, 6.07) is 3.63. The topological polar surface area (TPSA) is 69.7 Å². The second-order valence-corrected chi connectivity index (χ2v) is 7.39. The van der Waals surface area contributed by atoms with E-state index in [-0.39, 0.29) is 29.5 Å². The predicted octanol–water partition coefficient (Wildman–Crippen LogP) is 0.823. The van der Waals surface area contributed by atoms with Crippen molar-refractivity contribution in [2.24, 2.45) is 0 Å². The van der Waals surface area contributed by atoms with Crippen LogP contribution in [0.15, 0.2) is 23.1 Å². The van der Waals surface area contributed by atoms with Crippen LogP contribution in [0.1, 0.15) is 12.5 Å². The third-order valence-corrected chi connectivity index (χ3v) is 4.83. The number of nitrogens with one attached hydrogen (secondary N) is 1. The van der Waals surface area contributed by atoms with Crippen LogP contribution < -0.4 is 4.72 Å². The van der Waals surface area contributed by atoms with E-state index in [0.717, 1.165) is 6.07 Å². The molecule has 0 aliphatic carbocycles. The molecule has 23 heavy (non-hydrogen) atoms. The van der Waals surface area contributed by atoms with Gasteiger partial charge in [-0.3, -0.25) is 4.79 Å². The van der Waals surface area contributed by atoms with Gasteiger partial charge in [0.25, 0.3) is 0 Å². The fourth-order valence-electron chi connectivity index (χ4n) is 1.93. The number of nitrogens with zero attached hydrogens (tertiary/aromatic N) is 2. The number of likely N-dealkylation sites (N-methyl/N-ethyl adjacent to an activating group) is 1. The Balaban J connectivity index is 2.64. The van der Waals surface area contributed by atoms with E-state index in [9.17, 15) is 17.6 Å². The highest BCUT2D eigenvalue weighted by Crippen LogP contribution is 2.13. The van der Waals surface area contributed by atoms with E-state index < -0.39 is 15.8 Å². The molecule has 0 heterocycles. The van der Waals surface area contributed by atoms with Gasteiger partial charge < -0.3 is 9.80 Å². The molecule has 8 heteroatoms. The molecule has 1 amide bonds. The first kappa shape index (κ1) is 19.5. The van der Waals surface area contributed by atoms with Crippen molar-refractivity contribution >= 4 is 15.9 Å². The minimum atomic E-state index is -3.72. The summed E-state index contributed by atoms with van der Waals surface area (Å²) in [6.07, 6.45) is 0. The van der Waals surface area contributed by atoms with E-state index >= 15 is 0 Å². The zero-order valence-electron chi connectivity index (χ0n) is 14.0. The Morgan fingerprint density at radius 3 is 2.39 bits per heavy atom. The Labute approximate surface area is 137 Å². The summed E-state index contributed by atoms with van der Waals surface area (Å²) in [5.41, 5.74) is 0.268.